The Bertz CT molecular complexity index is 723. The molecule has 0 N–H and O–H groups in total. The number of thiophene rings is 1. The van der Waals surface area contributed by atoms with Crippen LogP contribution in [0.1, 0.15) is 20.1 Å². The van der Waals surface area contributed by atoms with E-state index >= 15 is 0 Å². The van der Waals surface area contributed by atoms with Crippen molar-refractivity contribution < 1.29 is 4.79 Å². The van der Waals surface area contributed by atoms with Crippen molar-refractivity contribution in [3.8, 4) is 6.07 Å². The third-order valence-electron chi connectivity index (χ3n) is 2.71. The van der Waals surface area contributed by atoms with Gasteiger partial charge in [-0.15, -0.1) is 11.3 Å². The summed E-state index contributed by atoms with van der Waals surface area (Å²) in [5.74, 6) is -0.0648. The zero-order valence-electron chi connectivity index (χ0n) is 11.6. The summed E-state index contributed by atoms with van der Waals surface area (Å²) in [4.78, 5) is 15.5. The molecule has 106 valence electrons. The number of carbonyl (C=O) groups excluding carboxylic acids is 1. The molecule has 0 aliphatic heterocycles. The Hall–Kier alpha value is -2.09. The Balaban J connectivity index is 2.30. The van der Waals surface area contributed by atoms with Crippen LogP contribution in [0, 0.1) is 11.3 Å². The molecule has 0 radical (unpaired) electrons. The third-order valence-corrected chi connectivity index (χ3v) is 4.08. The van der Waals surface area contributed by atoms with E-state index in [9.17, 15) is 10.1 Å². The van der Waals surface area contributed by atoms with Gasteiger partial charge in [0.2, 0.25) is 5.78 Å². The molecule has 0 atom stereocenters. The first-order valence-electron chi connectivity index (χ1n) is 6.20. The lowest BCUT2D eigenvalue weighted by atomic mass is 10.1. The van der Waals surface area contributed by atoms with E-state index in [-0.39, 0.29) is 5.78 Å². The third kappa shape index (κ3) is 3.72. The molecule has 2 rings (SSSR count). The van der Waals surface area contributed by atoms with E-state index < -0.39 is 0 Å². The Labute approximate surface area is 132 Å². The number of benzene rings is 1. The van der Waals surface area contributed by atoms with Gasteiger partial charge in [-0.25, -0.2) is 0 Å². The lowest BCUT2D eigenvalue weighted by Gasteiger charge is -2.04. The smallest absolute Gasteiger partial charge is 0.202 e. The molecule has 1 aromatic carbocycles. The highest BCUT2D eigenvalue weighted by Gasteiger charge is 2.13. The van der Waals surface area contributed by atoms with Crippen molar-refractivity contribution >= 4 is 34.3 Å². The van der Waals surface area contributed by atoms with Gasteiger partial charge in [0, 0.05) is 35.8 Å². The summed E-state index contributed by atoms with van der Waals surface area (Å²) in [6.07, 6.45) is 1.74. The average Bonchev–Trinajstić information content (AvgIpc) is 2.94. The van der Waals surface area contributed by atoms with Gasteiger partial charge in [0.15, 0.2) is 0 Å². The summed E-state index contributed by atoms with van der Waals surface area (Å²) < 4.78 is 0. The fraction of sp³-hybridized carbons (Fsp3) is 0.125. The van der Waals surface area contributed by atoms with Gasteiger partial charge in [-0.05, 0) is 36.4 Å². The minimum Gasteiger partial charge on any atom is -0.382 e. The normalized spacial score (nSPS) is 11.0. The van der Waals surface area contributed by atoms with Gasteiger partial charge in [0.25, 0.3) is 0 Å². The molecule has 0 bridgehead atoms. The van der Waals surface area contributed by atoms with Crippen LogP contribution < -0.4 is 0 Å². The molecule has 1 heterocycles. The first kappa shape index (κ1) is 15.3. The summed E-state index contributed by atoms with van der Waals surface area (Å²) in [6, 6.07) is 12.5. The number of rotatable bonds is 4. The lowest BCUT2D eigenvalue weighted by molar-refractivity contribution is 0.104. The fourth-order valence-corrected chi connectivity index (χ4v) is 2.81. The first-order valence-corrected chi connectivity index (χ1v) is 7.39. The fourth-order valence-electron chi connectivity index (χ4n) is 1.75. The zero-order chi connectivity index (χ0) is 15.4. The second-order valence-corrected chi connectivity index (χ2v) is 6.14. The number of hydrogen-bond donors (Lipinski definition) is 0. The first-order chi connectivity index (χ1) is 10.0. The summed E-state index contributed by atoms with van der Waals surface area (Å²) in [7, 11) is 3.70. The van der Waals surface area contributed by atoms with Gasteiger partial charge in [0.05, 0.1) is 10.5 Å². The molecule has 0 amide bonds. The highest BCUT2D eigenvalue weighted by Crippen LogP contribution is 2.26. The molecule has 0 saturated carbocycles. The van der Waals surface area contributed by atoms with E-state index in [1.54, 1.807) is 47.5 Å². The molecule has 0 aliphatic rings. The van der Waals surface area contributed by atoms with Crippen LogP contribution in [0.3, 0.4) is 0 Å². The van der Waals surface area contributed by atoms with Gasteiger partial charge in [-0.1, -0.05) is 11.6 Å². The molecule has 3 nitrogen and oxygen atoms in total. The molecular weight excluding hydrogens is 304 g/mol. The molecule has 0 spiro atoms. The summed E-state index contributed by atoms with van der Waals surface area (Å²) >= 11 is 7.13. The van der Waals surface area contributed by atoms with Gasteiger partial charge in [0.1, 0.15) is 6.07 Å². The van der Waals surface area contributed by atoms with Crippen LogP contribution in [0.15, 0.2) is 42.6 Å². The van der Waals surface area contributed by atoms with Crippen molar-refractivity contribution in [2.24, 2.45) is 0 Å². The van der Waals surface area contributed by atoms with E-state index in [4.69, 9.17) is 11.6 Å². The molecule has 0 unspecified atom stereocenters. The number of allylic oxidation sites excluding steroid dienone is 1. The lowest BCUT2D eigenvalue weighted by Crippen LogP contribution is -2.01. The van der Waals surface area contributed by atoms with Crippen molar-refractivity contribution in [1.82, 2.24) is 4.90 Å². The standard InChI is InChI=1S/C16H13ClN2OS/c1-19(2)10-12(9-18)14-7-8-15(21-14)16(20)11-3-5-13(17)6-4-11/h3-8,10H,1-2H3/b12-10+. The second-order valence-electron chi connectivity index (χ2n) is 4.62. The van der Waals surface area contributed by atoms with Crippen molar-refractivity contribution in [2.75, 3.05) is 14.1 Å². The van der Waals surface area contributed by atoms with E-state index in [1.165, 1.54) is 11.3 Å². The summed E-state index contributed by atoms with van der Waals surface area (Å²) in [5, 5.41) is 9.78. The Kier molecular flexibility index (Phi) is 4.79. The molecule has 0 fully saturated rings. The summed E-state index contributed by atoms with van der Waals surface area (Å²) in [6.45, 7) is 0. The van der Waals surface area contributed by atoms with E-state index in [1.807, 2.05) is 14.1 Å². The maximum absolute atomic E-state index is 12.4. The SMILES string of the molecule is CN(C)/C=C(\C#N)c1ccc(C(=O)c2ccc(Cl)cc2)s1. The van der Waals surface area contributed by atoms with Crippen molar-refractivity contribution in [3.63, 3.8) is 0 Å². The monoisotopic (exact) mass is 316 g/mol. The zero-order valence-corrected chi connectivity index (χ0v) is 13.2. The largest absolute Gasteiger partial charge is 0.382 e. The molecule has 5 heteroatoms. The van der Waals surface area contributed by atoms with Gasteiger partial charge in [-0.2, -0.15) is 5.26 Å². The van der Waals surface area contributed by atoms with Gasteiger partial charge >= 0.3 is 0 Å². The van der Waals surface area contributed by atoms with Crippen LogP contribution in [-0.4, -0.2) is 24.8 Å². The van der Waals surface area contributed by atoms with Crippen molar-refractivity contribution in [3.05, 3.63) is 62.9 Å². The van der Waals surface area contributed by atoms with Crippen LogP contribution >= 0.6 is 22.9 Å². The molecule has 21 heavy (non-hydrogen) atoms. The average molecular weight is 317 g/mol. The van der Waals surface area contributed by atoms with Crippen molar-refractivity contribution in [2.45, 2.75) is 0 Å². The predicted molar refractivity (Wildman–Crippen MR) is 86.5 cm³/mol. The number of nitriles is 1. The predicted octanol–water partition coefficient (Wildman–Crippen LogP) is 4.06. The van der Waals surface area contributed by atoms with E-state index in [0.717, 1.165) is 4.88 Å². The Morgan fingerprint density at radius 3 is 2.38 bits per heavy atom. The highest BCUT2D eigenvalue weighted by molar-refractivity contribution is 7.15. The molecule has 0 saturated heterocycles. The van der Waals surface area contributed by atoms with Crippen molar-refractivity contribution in [1.29, 1.82) is 5.26 Å². The number of nitrogens with zero attached hydrogens (tertiary/aromatic N) is 2. The van der Waals surface area contributed by atoms with Crippen LogP contribution in [0.5, 0.6) is 0 Å². The van der Waals surface area contributed by atoms with Crippen LogP contribution in [-0.2, 0) is 0 Å². The van der Waals surface area contributed by atoms with Gasteiger partial charge < -0.3 is 4.90 Å². The molecule has 2 aromatic rings. The number of halogens is 1. The second kappa shape index (κ2) is 6.57. The minimum absolute atomic E-state index is 0.0648. The quantitative estimate of drug-likeness (QED) is 0.631. The van der Waals surface area contributed by atoms with E-state index in [0.29, 0.717) is 21.0 Å². The molecular formula is C16H13ClN2OS. The molecule has 0 aliphatic carbocycles. The Morgan fingerprint density at radius 2 is 1.81 bits per heavy atom. The minimum atomic E-state index is -0.0648. The molecule has 1 aromatic heterocycles. The van der Waals surface area contributed by atoms with Crippen LogP contribution in [0.25, 0.3) is 5.57 Å². The maximum Gasteiger partial charge on any atom is 0.202 e. The maximum atomic E-state index is 12.4. The number of hydrogen-bond acceptors (Lipinski definition) is 4. The number of ketones is 1. The van der Waals surface area contributed by atoms with Gasteiger partial charge in [-0.3, -0.25) is 4.79 Å². The van der Waals surface area contributed by atoms with E-state index in [2.05, 4.69) is 6.07 Å². The highest BCUT2D eigenvalue weighted by atomic mass is 35.5. The number of carbonyl (C=O) groups is 1. The van der Waals surface area contributed by atoms with Crippen LogP contribution in [0.2, 0.25) is 5.02 Å². The van der Waals surface area contributed by atoms with Crippen LogP contribution in [0.4, 0.5) is 0 Å². The summed E-state index contributed by atoms with van der Waals surface area (Å²) in [5.41, 5.74) is 1.13. The Morgan fingerprint density at radius 1 is 1.19 bits per heavy atom. The topological polar surface area (TPSA) is 44.1 Å².